The summed E-state index contributed by atoms with van der Waals surface area (Å²) >= 11 is 1.63. The lowest BCUT2D eigenvalue weighted by atomic mass is 10.1. The van der Waals surface area contributed by atoms with Gasteiger partial charge in [-0.25, -0.2) is 0 Å². The second-order valence-corrected chi connectivity index (χ2v) is 5.66. The number of rotatable bonds is 4. The highest BCUT2D eigenvalue weighted by molar-refractivity contribution is 8.00. The van der Waals surface area contributed by atoms with Gasteiger partial charge in [0.2, 0.25) is 5.91 Å². The van der Waals surface area contributed by atoms with E-state index < -0.39 is 0 Å². The van der Waals surface area contributed by atoms with Gasteiger partial charge in [-0.15, -0.1) is 11.8 Å². The Kier molecular flexibility index (Phi) is 3.07. The van der Waals surface area contributed by atoms with Crippen LogP contribution < -0.4 is 10.6 Å². The van der Waals surface area contributed by atoms with E-state index in [9.17, 15) is 4.79 Å². The van der Waals surface area contributed by atoms with Gasteiger partial charge in [-0.2, -0.15) is 0 Å². The van der Waals surface area contributed by atoms with E-state index in [1.807, 2.05) is 6.07 Å². The number of hydrogen-bond acceptors (Lipinski definition) is 3. The van der Waals surface area contributed by atoms with E-state index in [0.29, 0.717) is 5.75 Å². The van der Waals surface area contributed by atoms with Gasteiger partial charge in [-0.05, 0) is 43.5 Å². The van der Waals surface area contributed by atoms with E-state index in [-0.39, 0.29) is 5.91 Å². The summed E-state index contributed by atoms with van der Waals surface area (Å²) in [7, 11) is 0. The molecule has 1 amide bonds. The molecule has 0 radical (unpaired) electrons. The predicted octanol–water partition coefficient (Wildman–Crippen LogP) is 2.03. The molecule has 0 aromatic heterocycles. The van der Waals surface area contributed by atoms with E-state index in [1.54, 1.807) is 11.8 Å². The molecule has 17 heavy (non-hydrogen) atoms. The molecule has 90 valence electrons. The average Bonchev–Trinajstić information content (AvgIpc) is 3.13. The topological polar surface area (TPSA) is 41.1 Å². The van der Waals surface area contributed by atoms with Crippen molar-refractivity contribution >= 4 is 23.4 Å². The first-order chi connectivity index (χ1) is 8.31. The highest BCUT2D eigenvalue weighted by Crippen LogP contribution is 2.32. The number of nitrogens with one attached hydrogen (secondary N) is 2. The van der Waals surface area contributed by atoms with Crippen LogP contribution in [0.4, 0.5) is 5.69 Å². The Morgan fingerprint density at radius 2 is 2.29 bits per heavy atom. The minimum absolute atomic E-state index is 0.102. The highest BCUT2D eigenvalue weighted by atomic mass is 32.2. The molecule has 1 fully saturated rings. The largest absolute Gasteiger partial charge is 0.324 e. The molecule has 0 spiro atoms. The van der Waals surface area contributed by atoms with Crippen LogP contribution in [-0.4, -0.2) is 24.2 Å². The lowest BCUT2D eigenvalue weighted by molar-refractivity contribution is -0.113. The molecular formula is C13H16N2OS. The molecule has 3 rings (SSSR count). The van der Waals surface area contributed by atoms with Gasteiger partial charge in [0.25, 0.3) is 0 Å². The lowest BCUT2D eigenvalue weighted by Gasteiger charge is -2.17. The Morgan fingerprint density at radius 1 is 1.41 bits per heavy atom. The van der Waals surface area contributed by atoms with Crippen molar-refractivity contribution in [2.24, 2.45) is 0 Å². The zero-order chi connectivity index (χ0) is 11.7. The second-order valence-electron chi connectivity index (χ2n) is 4.65. The molecule has 1 aromatic carbocycles. The molecule has 2 N–H and O–H groups in total. The summed E-state index contributed by atoms with van der Waals surface area (Å²) in [4.78, 5) is 12.4. The van der Waals surface area contributed by atoms with Crippen molar-refractivity contribution in [3.8, 4) is 0 Å². The van der Waals surface area contributed by atoms with Gasteiger partial charge in [0.1, 0.15) is 0 Å². The van der Waals surface area contributed by atoms with Crippen LogP contribution in [0.1, 0.15) is 18.4 Å². The van der Waals surface area contributed by atoms with E-state index in [2.05, 4.69) is 22.8 Å². The number of carbonyl (C=O) groups excluding carboxylic acids is 1. The summed E-state index contributed by atoms with van der Waals surface area (Å²) < 4.78 is 0. The van der Waals surface area contributed by atoms with E-state index >= 15 is 0 Å². The zero-order valence-corrected chi connectivity index (χ0v) is 10.5. The molecule has 4 heteroatoms. The first-order valence-electron chi connectivity index (χ1n) is 6.10. The van der Waals surface area contributed by atoms with Gasteiger partial charge in [0.05, 0.1) is 11.4 Å². The number of thioether (sulfide) groups is 1. The average molecular weight is 248 g/mol. The summed E-state index contributed by atoms with van der Waals surface area (Å²) in [5, 5.41) is 6.41. The molecule has 1 heterocycles. The predicted molar refractivity (Wildman–Crippen MR) is 70.5 cm³/mol. The summed E-state index contributed by atoms with van der Waals surface area (Å²) in [6, 6.07) is 7.11. The van der Waals surface area contributed by atoms with Crippen LogP contribution in [0.15, 0.2) is 23.1 Å². The first-order valence-corrected chi connectivity index (χ1v) is 7.09. The third-order valence-electron chi connectivity index (χ3n) is 3.10. The van der Waals surface area contributed by atoms with Crippen molar-refractivity contribution in [2.75, 3.05) is 17.6 Å². The molecule has 0 atom stereocenters. The van der Waals surface area contributed by atoms with Crippen molar-refractivity contribution < 1.29 is 4.79 Å². The Morgan fingerprint density at radius 3 is 3.12 bits per heavy atom. The van der Waals surface area contributed by atoms with E-state index in [1.165, 1.54) is 23.3 Å². The monoisotopic (exact) mass is 248 g/mol. The molecule has 1 aromatic rings. The van der Waals surface area contributed by atoms with Gasteiger partial charge in [0, 0.05) is 10.9 Å². The number of anilines is 1. The fourth-order valence-corrected chi connectivity index (χ4v) is 2.85. The maximum Gasteiger partial charge on any atom is 0.234 e. The fraction of sp³-hybridized carbons (Fsp3) is 0.462. The first kappa shape index (κ1) is 11.1. The normalized spacial score (nSPS) is 18.7. The Hall–Kier alpha value is -1.00. The molecule has 1 aliphatic heterocycles. The van der Waals surface area contributed by atoms with Gasteiger partial charge in [0.15, 0.2) is 0 Å². The molecule has 0 bridgehead atoms. The van der Waals surface area contributed by atoms with Gasteiger partial charge >= 0.3 is 0 Å². The van der Waals surface area contributed by atoms with Gasteiger partial charge in [-0.3, -0.25) is 4.79 Å². The fourth-order valence-electron chi connectivity index (χ4n) is 1.98. The molecule has 1 aliphatic carbocycles. The quantitative estimate of drug-likeness (QED) is 0.856. The molecule has 1 saturated carbocycles. The Balaban J connectivity index is 1.63. The Labute approximate surface area is 105 Å². The van der Waals surface area contributed by atoms with Crippen LogP contribution >= 0.6 is 11.8 Å². The van der Waals surface area contributed by atoms with Gasteiger partial charge in [-0.1, -0.05) is 6.07 Å². The number of amides is 1. The number of fused-ring (bicyclic) bond motifs is 1. The summed E-state index contributed by atoms with van der Waals surface area (Å²) in [6.45, 7) is 1.06. The molecule has 0 saturated heterocycles. The van der Waals surface area contributed by atoms with Crippen molar-refractivity contribution in [2.45, 2.75) is 30.2 Å². The van der Waals surface area contributed by atoms with Crippen molar-refractivity contribution in [3.05, 3.63) is 23.8 Å². The minimum Gasteiger partial charge on any atom is -0.324 e. The van der Waals surface area contributed by atoms with Crippen LogP contribution in [0.2, 0.25) is 0 Å². The van der Waals surface area contributed by atoms with Crippen LogP contribution in [0.3, 0.4) is 0 Å². The second kappa shape index (κ2) is 4.70. The van der Waals surface area contributed by atoms with Crippen LogP contribution in [-0.2, 0) is 11.2 Å². The van der Waals surface area contributed by atoms with Crippen LogP contribution in [0.25, 0.3) is 0 Å². The SMILES string of the molecule is O=C1CSc2cc(CCNC3CC3)ccc2N1. The molecule has 0 unspecified atom stereocenters. The summed E-state index contributed by atoms with van der Waals surface area (Å²) in [5.74, 6) is 0.641. The van der Waals surface area contributed by atoms with Crippen LogP contribution in [0, 0.1) is 0 Å². The third kappa shape index (κ3) is 2.82. The highest BCUT2D eigenvalue weighted by Gasteiger charge is 2.20. The lowest BCUT2D eigenvalue weighted by Crippen LogP contribution is -2.20. The van der Waals surface area contributed by atoms with E-state index in [0.717, 1.165) is 24.7 Å². The van der Waals surface area contributed by atoms with Crippen molar-refractivity contribution in [1.29, 1.82) is 0 Å². The van der Waals surface area contributed by atoms with Crippen molar-refractivity contribution in [3.63, 3.8) is 0 Å². The zero-order valence-electron chi connectivity index (χ0n) is 9.66. The smallest absolute Gasteiger partial charge is 0.234 e. The molecular weight excluding hydrogens is 232 g/mol. The van der Waals surface area contributed by atoms with E-state index in [4.69, 9.17) is 0 Å². The Bertz CT molecular complexity index is 443. The maximum atomic E-state index is 11.2. The summed E-state index contributed by atoms with van der Waals surface area (Å²) in [6.07, 6.45) is 3.75. The summed E-state index contributed by atoms with van der Waals surface area (Å²) in [5.41, 5.74) is 2.31. The van der Waals surface area contributed by atoms with Crippen LogP contribution in [0.5, 0.6) is 0 Å². The van der Waals surface area contributed by atoms with Gasteiger partial charge < -0.3 is 10.6 Å². The molecule has 3 nitrogen and oxygen atoms in total. The standard InChI is InChI=1S/C13H16N2OS/c16-13-8-17-12-7-9(1-4-11(12)15-13)5-6-14-10-2-3-10/h1,4,7,10,14H,2-3,5-6,8H2,(H,15,16). The third-order valence-corrected chi connectivity index (χ3v) is 4.16. The van der Waals surface area contributed by atoms with Crippen molar-refractivity contribution in [1.82, 2.24) is 5.32 Å². The minimum atomic E-state index is 0.102. The molecule has 2 aliphatic rings. The maximum absolute atomic E-state index is 11.2. The number of benzene rings is 1. The number of carbonyl (C=O) groups is 1. The number of hydrogen-bond donors (Lipinski definition) is 2.